The van der Waals surface area contributed by atoms with Gasteiger partial charge in [0, 0.05) is 17.0 Å². The van der Waals surface area contributed by atoms with Crippen molar-refractivity contribution in [2.75, 3.05) is 11.8 Å². The van der Waals surface area contributed by atoms with Crippen molar-refractivity contribution in [3.8, 4) is 17.3 Å². The summed E-state index contributed by atoms with van der Waals surface area (Å²) in [6, 6.07) is 25.1. The molecule has 8 nitrogen and oxygen atoms in total. The van der Waals surface area contributed by atoms with Gasteiger partial charge in [-0.2, -0.15) is 0 Å². The SMILES string of the molecule is COc1ccccc1NS(=O)(=O)c1cccc(-n2c(O)c(C=Nc3cccc(C)c3C)c3ccccc3c2=O)c1. The second-order valence-electron chi connectivity index (χ2n) is 9.20. The summed E-state index contributed by atoms with van der Waals surface area (Å²) in [5, 5.41) is 12.3. The number of aryl methyl sites for hydroxylation is 1. The first-order valence-electron chi connectivity index (χ1n) is 12.4. The van der Waals surface area contributed by atoms with E-state index in [1.165, 1.54) is 31.5 Å². The number of benzene rings is 4. The summed E-state index contributed by atoms with van der Waals surface area (Å²) in [5.41, 5.74) is 3.09. The van der Waals surface area contributed by atoms with Crippen LogP contribution >= 0.6 is 0 Å². The van der Waals surface area contributed by atoms with E-state index in [2.05, 4.69) is 9.71 Å². The van der Waals surface area contributed by atoms with Crippen LogP contribution < -0.4 is 15.0 Å². The minimum atomic E-state index is -4.06. The third-order valence-corrected chi connectivity index (χ3v) is 8.11. The zero-order valence-corrected chi connectivity index (χ0v) is 22.9. The minimum absolute atomic E-state index is 0.0963. The van der Waals surface area contributed by atoms with E-state index in [0.29, 0.717) is 22.1 Å². The number of rotatable bonds is 7. The number of nitrogens with zero attached hydrogens (tertiary/aromatic N) is 2. The van der Waals surface area contributed by atoms with Gasteiger partial charge in [-0.1, -0.05) is 48.5 Å². The molecule has 5 rings (SSSR count). The number of anilines is 1. The predicted molar refractivity (Wildman–Crippen MR) is 158 cm³/mol. The fourth-order valence-electron chi connectivity index (χ4n) is 4.46. The molecule has 0 amide bonds. The lowest BCUT2D eigenvalue weighted by Crippen LogP contribution is -2.21. The van der Waals surface area contributed by atoms with Crippen molar-refractivity contribution >= 4 is 38.4 Å². The van der Waals surface area contributed by atoms with E-state index in [1.807, 2.05) is 32.0 Å². The standard InChI is InChI=1S/C31H27N3O5S/c1-20-10-8-16-27(21(20)2)32-19-26-24-13-4-5-14-25(24)30(35)34(31(26)36)22-11-9-12-23(18-22)40(37,38)33-28-15-6-7-17-29(28)39-3/h4-19,33,36H,1-3H3. The van der Waals surface area contributed by atoms with Crippen LogP contribution in [0.3, 0.4) is 0 Å². The molecule has 9 heteroatoms. The Hall–Kier alpha value is -4.89. The molecule has 5 aromatic rings. The highest BCUT2D eigenvalue weighted by Gasteiger charge is 2.20. The summed E-state index contributed by atoms with van der Waals surface area (Å²) in [6.45, 7) is 3.96. The Bertz CT molecular complexity index is 1950. The second kappa shape index (κ2) is 10.7. The van der Waals surface area contributed by atoms with Crippen molar-refractivity contribution in [2.45, 2.75) is 18.7 Å². The number of sulfonamides is 1. The maximum absolute atomic E-state index is 13.6. The van der Waals surface area contributed by atoms with Crippen LogP contribution in [-0.4, -0.2) is 31.4 Å². The summed E-state index contributed by atoms with van der Waals surface area (Å²) in [6.07, 6.45) is 1.53. The largest absolute Gasteiger partial charge is 0.495 e. The van der Waals surface area contributed by atoms with Gasteiger partial charge in [0.15, 0.2) is 0 Å². The number of hydrogen-bond acceptors (Lipinski definition) is 6. The number of aromatic hydroxyl groups is 1. The zero-order valence-electron chi connectivity index (χ0n) is 22.1. The Labute approximate surface area is 231 Å². The van der Waals surface area contributed by atoms with Crippen molar-refractivity contribution in [1.29, 1.82) is 0 Å². The van der Waals surface area contributed by atoms with Crippen LogP contribution in [0.5, 0.6) is 11.6 Å². The highest BCUT2D eigenvalue weighted by molar-refractivity contribution is 7.92. The van der Waals surface area contributed by atoms with Crippen LogP contribution in [-0.2, 0) is 10.0 Å². The molecule has 0 bridgehead atoms. The molecular formula is C31H27N3O5S. The second-order valence-corrected chi connectivity index (χ2v) is 10.9. The van der Waals surface area contributed by atoms with Crippen molar-refractivity contribution in [3.63, 3.8) is 0 Å². The third kappa shape index (κ3) is 4.94. The Morgan fingerprint density at radius 2 is 1.60 bits per heavy atom. The molecule has 0 aliphatic carbocycles. The van der Waals surface area contributed by atoms with E-state index < -0.39 is 15.6 Å². The summed E-state index contributed by atoms with van der Waals surface area (Å²) >= 11 is 0. The van der Waals surface area contributed by atoms with E-state index in [4.69, 9.17) is 4.74 Å². The number of aromatic nitrogens is 1. The van der Waals surface area contributed by atoms with Crippen LogP contribution in [0.15, 0.2) is 106 Å². The number of pyridine rings is 1. The first-order chi connectivity index (χ1) is 19.2. The lowest BCUT2D eigenvalue weighted by molar-refractivity contribution is 0.417. The summed E-state index contributed by atoms with van der Waals surface area (Å²) < 4.78 is 35.4. The van der Waals surface area contributed by atoms with Crippen LogP contribution in [0, 0.1) is 13.8 Å². The molecule has 4 aromatic carbocycles. The van der Waals surface area contributed by atoms with Crippen molar-refractivity contribution in [2.24, 2.45) is 4.99 Å². The molecule has 1 heterocycles. The molecule has 0 radical (unpaired) electrons. The number of ether oxygens (including phenoxy) is 1. The molecule has 0 saturated heterocycles. The molecule has 2 N–H and O–H groups in total. The summed E-state index contributed by atoms with van der Waals surface area (Å²) in [7, 11) is -2.61. The summed E-state index contributed by atoms with van der Waals surface area (Å²) in [5.74, 6) is 0.00314. The topological polar surface area (TPSA) is 110 Å². The molecular weight excluding hydrogens is 526 g/mol. The molecule has 202 valence electrons. The minimum Gasteiger partial charge on any atom is -0.495 e. The van der Waals surface area contributed by atoms with Gasteiger partial charge in [-0.25, -0.2) is 13.0 Å². The monoisotopic (exact) mass is 553 g/mol. The molecule has 0 aliphatic rings. The number of hydrogen-bond donors (Lipinski definition) is 2. The van der Waals surface area contributed by atoms with E-state index in [0.717, 1.165) is 21.4 Å². The number of para-hydroxylation sites is 2. The van der Waals surface area contributed by atoms with E-state index in [1.54, 1.807) is 54.6 Å². The Morgan fingerprint density at radius 1 is 0.900 bits per heavy atom. The average Bonchev–Trinajstić information content (AvgIpc) is 2.95. The van der Waals surface area contributed by atoms with Gasteiger partial charge >= 0.3 is 0 Å². The van der Waals surface area contributed by atoms with Gasteiger partial charge in [0.2, 0.25) is 5.88 Å². The molecule has 0 spiro atoms. The van der Waals surface area contributed by atoms with Gasteiger partial charge in [-0.15, -0.1) is 0 Å². The van der Waals surface area contributed by atoms with E-state index in [-0.39, 0.29) is 22.2 Å². The first kappa shape index (κ1) is 26.7. The maximum Gasteiger partial charge on any atom is 0.265 e. The lowest BCUT2D eigenvalue weighted by Gasteiger charge is -2.15. The molecule has 40 heavy (non-hydrogen) atoms. The van der Waals surface area contributed by atoms with Gasteiger partial charge in [0.1, 0.15) is 5.75 Å². The highest BCUT2D eigenvalue weighted by atomic mass is 32.2. The zero-order chi connectivity index (χ0) is 28.4. The fraction of sp³-hybridized carbons (Fsp3) is 0.0968. The first-order valence-corrected chi connectivity index (χ1v) is 13.9. The van der Waals surface area contributed by atoms with Gasteiger partial charge < -0.3 is 9.84 Å². The molecule has 0 aliphatic heterocycles. The van der Waals surface area contributed by atoms with Gasteiger partial charge in [0.25, 0.3) is 15.6 Å². The van der Waals surface area contributed by atoms with Crippen LogP contribution in [0.2, 0.25) is 0 Å². The smallest absolute Gasteiger partial charge is 0.265 e. The van der Waals surface area contributed by atoms with Crippen LogP contribution in [0.25, 0.3) is 16.5 Å². The number of methoxy groups -OCH3 is 1. The van der Waals surface area contributed by atoms with Gasteiger partial charge in [-0.05, 0) is 67.4 Å². The molecule has 0 saturated carbocycles. The van der Waals surface area contributed by atoms with Crippen LogP contribution in [0.1, 0.15) is 16.7 Å². The molecule has 0 unspecified atom stereocenters. The van der Waals surface area contributed by atoms with Gasteiger partial charge in [0.05, 0.1) is 34.6 Å². The summed E-state index contributed by atoms with van der Waals surface area (Å²) in [4.78, 5) is 18.1. The Kier molecular flexibility index (Phi) is 7.15. The van der Waals surface area contributed by atoms with Gasteiger partial charge in [-0.3, -0.25) is 14.5 Å². The number of fused-ring (bicyclic) bond motifs is 1. The van der Waals surface area contributed by atoms with Crippen molar-refractivity contribution < 1.29 is 18.3 Å². The normalized spacial score (nSPS) is 11.7. The fourth-order valence-corrected chi connectivity index (χ4v) is 5.57. The van der Waals surface area contributed by atoms with Crippen molar-refractivity contribution in [1.82, 2.24) is 4.57 Å². The van der Waals surface area contributed by atoms with Crippen LogP contribution in [0.4, 0.5) is 11.4 Å². The lowest BCUT2D eigenvalue weighted by atomic mass is 10.1. The molecule has 0 fully saturated rings. The number of nitrogens with one attached hydrogen (secondary N) is 1. The maximum atomic E-state index is 13.6. The van der Waals surface area contributed by atoms with E-state index >= 15 is 0 Å². The third-order valence-electron chi connectivity index (χ3n) is 6.75. The molecule has 1 aromatic heterocycles. The van der Waals surface area contributed by atoms with Crippen molar-refractivity contribution in [3.05, 3.63) is 118 Å². The van der Waals surface area contributed by atoms with E-state index in [9.17, 15) is 18.3 Å². The Balaban J connectivity index is 1.65. The highest BCUT2D eigenvalue weighted by Crippen LogP contribution is 2.30. The number of aliphatic imine (C=N–C) groups is 1. The molecule has 0 atom stereocenters. The Morgan fingerprint density at radius 3 is 2.38 bits per heavy atom. The predicted octanol–water partition coefficient (Wildman–Crippen LogP) is 5.87. The average molecular weight is 554 g/mol. The quantitative estimate of drug-likeness (QED) is 0.245.